The predicted molar refractivity (Wildman–Crippen MR) is 141 cm³/mol. The van der Waals surface area contributed by atoms with Crippen molar-refractivity contribution < 1.29 is 110 Å². The van der Waals surface area contributed by atoms with Gasteiger partial charge >= 0.3 is 59.1 Å². The number of benzene rings is 2. The molecule has 0 unspecified atom stereocenters. The molecule has 0 radical (unpaired) electrons. The van der Waals surface area contributed by atoms with Crippen molar-refractivity contribution in [2.75, 3.05) is 0 Å². The number of hydrogen-bond donors (Lipinski definition) is 2. The van der Waals surface area contributed by atoms with E-state index in [-0.39, 0.29) is 105 Å². The van der Waals surface area contributed by atoms with Crippen LogP contribution in [0.2, 0.25) is 0 Å². The summed E-state index contributed by atoms with van der Waals surface area (Å²) in [4.78, 5) is 22.2. The molecule has 2 aromatic rings. The number of rotatable bonds is 5. The third-order valence-electron chi connectivity index (χ3n) is 4.74. The van der Waals surface area contributed by atoms with Crippen molar-refractivity contribution in [2.45, 2.75) is 4.90 Å². The number of hydrogen-bond acceptors (Lipinski definition) is 8. The minimum absolute atomic E-state index is 0. The molecule has 1 aliphatic carbocycles. The van der Waals surface area contributed by atoms with Crippen molar-refractivity contribution in [3.8, 4) is 5.75 Å². The second-order valence-electron chi connectivity index (χ2n) is 6.94. The number of aromatic carboxylic acids is 1. The third kappa shape index (κ3) is 8.23. The van der Waals surface area contributed by atoms with Crippen LogP contribution in [0.1, 0.15) is 21.5 Å². The number of carbonyl (C=O) groups excluding carboxylic acids is 2. The molecule has 0 fully saturated rings. The minimum atomic E-state index is -5.03. The van der Waals surface area contributed by atoms with E-state index in [9.17, 15) is 45.7 Å². The summed E-state index contributed by atoms with van der Waals surface area (Å²) in [5, 5.41) is 24.3. The van der Waals surface area contributed by atoms with Crippen LogP contribution in [0.15, 0.2) is 69.7 Å². The van der Waals surface area contributed by atoms with Crippen LogP contribution in [0.25, 0.3) is 5.57 Å². The smallest absolute Gasteiger partial charge is 0.872 e. The second-order valence-corrected chi connectivity index (χ2v) is 12.9. The van der Waals surface area contributed by atoms with Crippen LogP contribution in [0.5, 0.6) is 5.75 Å². The normalized spacial score (nSPS) is 14.4. The number of carboxylic acids is 1. The molecular weight excluding hydrogens is 846 g/mol. The summed E-state index contributed by atoms with van der Waals surface area (Å²) in [5.74, 6) is -3.87. The molecule has 4 N–H and O–H groups in total. The van der Waals surface area contributed by atoms with E-state index >= 15 is 0 Å². The summed E-state index contributed by atoms with van der Waals surface area (Å²) in [6.07, 6.45) is 2.64. The number of halogens is 4. The van der Waals surface area contributed by atoms with Gasteiger partial charge < -0.3 is 20.5 Å². The first-order valence-electron chi connectivity index (χ1n) is 8.99. The molecule has 198 valence electrons. The van der Waals surface area contributed by atoms with E-state index < -0.39 is 53.1 Å². The number of carbonyl (C=O) groups is 2. The summed E-state index contributed by atoms with van der Waals surface area (Å²) in [7, 11) is -10.1. The Morgan fingerprint density at radius 1 is 0.821 bits per heavy atom. The molecule has 3 rings (SSSR count). The Morgan fingerprint density at radius 3 is 1.79 bits per heavy atom. The van der Waals surface area contributed by atoms with Gasteiger partial charge in [-0.05, 0) is 98.6 Å². The van der Waals surface area contributed by atoms with E-state index in [4.69, 9.17) is 0 Å². The standard InChI is InChI=1S/C20H10Br4O10S2.2Na.H2O/c21-16-14(15(20(27)28)17(22)19(24)18(16)23)13(7-1-3-9(25)11(5-7)35(29,30)31)8-2-4-10(26)12(6-8)36(32,33)34;;;/h1-6,25H,(H,27,28)(H,29,30,31)(H,32,33,34);;;1H2/q;2*+1;/p-2/b13-8-;;;. The van der Waals surface area contributed by atoms with Crippen LogP contribution >= 0.6 is 63.7 Å². The molecule has 0 spiro atoms. The topological polar surface area (TPSA) is 220 Å². The molecule has 0 saturated heterocycles. The van der Waals surface area contributed by atoms with Gasteiger partial charge in [-0.25, -0.2) is 0 Å². The molecule has 0 aliphatic heterocycles. The van der Waals surface area contributed by atoms with Gasteiger partial charge in [0.1, 0.15) is 4.91 Å². The first-order chi connectivity index (χ1) is 16.5. The Labute approximate surface area is 299 Å². The van der Waals surface area contributed by atoms with Crippen LogP contribution in [0, 0.1) is 0 Å². The molecule has 1 aliphatic rings. The molecule has 0 atom stereocenters. The van der Waals surface area contributed by atoms with Crippen molar-refractivity contribution in [2.24, 2.45) is 0 Å². The maximum absolute atomic E-state index is 12.2. The summed E-state index contributed by atoms with van der Waals surface area (Å²) in [6.45, 7) is 0. The maximum atomic E-state index is 12.2. The monoisotopic (exact) mass is 852 g/mol. The molecule has 0 heterocycles. The van der Waals surface area contributed by atoms with Gasteiger partial charge in [0.15, 0.2) is 5.78 Å². The Kier molecular flexibility index (Phi) is 14.8. The van der Waals surface area contributed by atoms with Gasteiger partial charge in [0.25, 0.3) is 20.2 Å². The Balaban J connectivity index is 0.00000481. The Morgan fingerprint density at radius 2 is 1.33 bits per heavy atom. The largest absolute Gasteiger partial charge is 1.00 e. The molecule has 0 saturated carbocycles. The molecule has 0 amide bonds. The van der Waals surface area contributed by atoms with E-state index in [2.05, 4.69) is 63.7 Å². The Hall–Kier alpha value is 0.300. The fourth-order valence-corrected chi connectivity index (χ4v) is 6.92. The van der Waals surface area contributed by atoms with Crippen LogP contribution in [-0.4, -0.2) is 43.2 Å². The summed E-state index contributed by atoms with van der Waals surface area (Å²) < 4.78 is 66.7. The zero-order valence-electron chi connectivity index (χ0n) is 19.5. The van der Waals surface area contributed by atoms with Crippen LogP contribution in [0.3, 0.4) is 0 Å². The minimum Gasteiger partial charge on any atom is -0.872 e. The van der Waals surface area contributed by atoms with Crippen molar-refractivity contribution in [3.05, 3.63) is 81.5 Å². The fraction of sp³-hybridized carbons (Fsp3) is 0. The number of ketones is 1. The molecule has 2 aromatic carbocycles. The van der Waals surface area contributed by atoms with Gasteiger partial charge in [-0.3, -0.25) is 13.9 Å². The van der Waals surface area contributed by atoms with E-state index in [1.165, 1.54) is 0 Å². The maximum Gasteiger partial charge on any atom is 1.00 e. The molecule has 11 nitrogen and oxygen atoms in total. The SMILES string of the molecule is O.O=C1C=C/C(=C(\c2ccc([O-])c(S(=O)(=O)O)c2)c2c(Br)c(Br)c(Br)c(Br)c2C(=O)[O-])C=C1S(=O)(=O)O.[Na+].[Na+]. The molecule has 19 heteroatoms. The molecule has 39 heavy (non-hydrogen) atoms. The van der Waals surface area contributed by atoms with Crippen molar-refractivity contribution in [3.63, 3.8) is 0 Å². The third-order valence-corrected chi connectivity index (χ3v) is 11.3. The summed E-state index contributed by atoms with van der Waals surface area (Å²) >= 11 is 12.9. The van der Waals surface area contributed by atoms with Crippen LogP contribution in [-0.2, 0) is 25.0 Å². The van der Waals surface area contributed by atoms with E-state index in [1.807, 2.05) is 0 Å². The van der Waals surface area contributed by atoms with E-state index in [0.717, 1.165) is 36.4 Å². The van der Waals surface area contributed by atoms with Gasteiger partial charge in [-0.1, -0.05) is 24.0 Å². The van der Waals surface area contributed by atoms with Gasteiger partial charge in [-0.2, -0.15) is 16.8 Å². The number of carboxylic acid groups (broad SMARTS) is 1. The average molecular weight is 856 g/mol. The van der Waals surface area contributed by atoms with Crippen molar-refractivity contribution >= 4 is 101 Å². The Bertz CT molecular complexity index is 1680. The quantitative estimate of drug-likeness (QED) is 0.130. The van der Waals surface area contributed by atoms with Gasteiger partial charge in [-0.15, -0.1) is 0 Å². The molecular formula is C20H10Br4Na2O11S2. The van der Waals surface area contributed by atoms with Gasteiger partial charge in [0.05, 0.1) is 10.9 Å². The number of allylic oxidation sites excluding steroid dienone is 5. The van der Waals surface area contributed by atoms with Gasteiger partial charge in [0, 0.05) is 29.0 Å². The summed E-state index contributed by atoms with van der Waals surface area (Å²) in [5.41, 5.74) is -1.24. The second kappa shape index (κ2) is 14.7. The van der Waals surface area contributed by atoms with E-state index in [1.54, 1.807) is 0 Å². The average Bonchev–Trinajstić information content (AvgIpc) is 2.76. The zero-order valence-corrected chi connectivity index (χ0v) is 31.4. The first kappa shape index (κ1) is 39.3. The predicted octanol–water partition coefficient (Wildman–Crippen LogP) is -3.68. The van der Waals surface area contributed by atoms with Gasteiger partial charge in [0.2, 0.25) is 0 Å². The fourth-order valence-electron chi connectivity index (χ4n) is 3.24. The molecule has 0 bridgehead atoms. The zero-order chi connectivity index (χ0) is 27.3. The van der Waals surface area contributed by atoms with Crippen molar-refractivity contribution in [1.82, 2.24) is 0 Å². The summed E-state index contributed by atoms with van der Waals surface area (Å²) in [6, 6.07) is 2.64. The van der Waals surface area contributed by atoms with Crippen LogP contribution < -0.4 is 69.3 Å². The van der Waals surface area contributed by atoms with Crippen molar-refractivity contribution in [1.29, 1.82) is 0 Å². The van der Waals surface area contributed by atoms with E-state index in [0.29, 0.717) is 0 Å². The molecule has 0 aromatic heterocycles. The first-order valence-corrected chi connectivity index (χ1v) is 15.0. The van der Waals surface area contributed by atoms with Crippen LogP contribution in [0.4, 0.5) is 0 Å².